The van der Waals surface area contributed by atoms with Crippen molar-refractivity contribution in [3.8, 4) is 0 Å². The van der Waals surface area contributed by atoms with Gasteiger partial charge in [0.05, 0.1) is 11.8 Å². The molecule has 0 N–H and O–H groups in total. The standard InChI is InChI=1S/C14H19N3O/c1-10-12-6-7-17(14(12)16-9-15-10)8-11-4-3-5-13(11)18-2/h6-7,9,11,13H,3-5,8H2,1-2H3. The first-order chi connectivity index (χ1) is 8.79. The van der Waals surface area contributed by atoms with Crippen LogP contribution in [0.2, 0.25) is 0 Å². The van der Waals surface area contributed by atoms with E-state index in [1.165, 1.54) is 19.3 Å². The van der Waals surface area contributed by atoms with Crippen LogP contribution in [0.3, 0.4) is 0 Å². The zero-order valence-electron chi connectivity index (χ0n) is 11.0. The van der Waals surface area contributed by atoms with Crippen LogP contribution in [0.5, 0.6) is 0 Å². The predicted molar refractivity (Wildman–Crippen MR) is 70.4 cm³/mol. The Labute approximate surface area is 107 Å². The molecule has 1 fully saturated rings. The van der Waals surface area contributed by atoms with Crippen molar-refractivity contribution in [2.45, 2.75) is 38.8 Å². The Morgan fingerprint density at radius 3 is 3.11 bits per heavy atom. The first-order valence-electron chi connectivity index (χ1n) is 6.59. The maximum absolute atomic E-state index is 5.56. The van der Waals surface area contributed by atoms with Gasteiger partial charge in [0.25, 0.3) is 0 Å². The predicted octanol–water partition coefficient (Wildman–Crippen LogP) is 2.55. The SMILES string of the molecule is COC1CCCC1Cn1ccc2c(C)ncnc21. The Hall–Kier alpha value is -1.42. The van der Waals surface area contributed by atoms with Crippen molar-refractivity contribution in [3.63, 3.8) is 0 Å². The molecule has 4 nitrogen and oxygen atoms in total. The third-order valence-corrected chi connectivity index (χ3v) is 4.08. The summed E-state index contributed by atoms with van der Waals surface area (Å²) in [6, 6.07) is 2.11. The molecule has 0 bridgehead atoms. The van der Waals surface area contributed by atoms with Crippen molar-refractivity contribution in [2.24, 2.45) is 5.92 Å². The van der Waals surface area contributed by atoms with Crippen LogP contribution < -0.4 is 0 Å². The Morgan fingerprint density at radius 1 is 1.39 bits per heavy atom. The smallest absolute Gasteiger partial charge is 0.143 e. The van der Waals surface area contributed by atoms with Gasteiger partial charge in [-0.25, -0.2) is 9.97 Å². The molecule has 2 aromatic heterocycles. The second-order valence-electron chi connectivity index (χ2n) is 5.13. The molecular formula is C14H19N3O. The quantitative estimate of drug-likeness (QED) is 0.834. The number of fused-ring (bicyclic) bond motifs is 1. The van der Waals surface area contributed by atoms with E-state index in [1.54, 1.807) is 6.33 Å². The topological polar surface area (TPSA) is 39.9 Å². The average Bonchev–Trinajstić information content (AvgIpc) is 2.98. The number of aryl methyl sites for hydroxylation is 1. The molecule has 3 rings (SSSR count). The van der Waals surface area contributed by atoms with Gasteiger partial charge in [0, 0.05) is 31.2 Å². The zero-order chi connectivity index (χ0) is 12.5. The highest BCUT2D eigenvalue weighted by Gasteiger charge is 2.27. The first kappa shape index (κ1) is 11.7. The summed E-state index contributed by atoms with van der Waals surface area (Å²) >= 11 is 0. The van der Waals surface area contributed by atoms with E-state index in [4.69, 9.17) is 4.74 Å². The summed E-state index contributed by atoms with van der Waals surface area (Å²) < 4.78 is 7.80. The van der Waals surface area contributed by atoms with Gasteiger partial charge in [-0.1, -0.05) is 6.42 Å². The van der Waals surface area contributed by atoms with Crippen molar-refractivity contribution < 1.29 is 4.74 Å². The average molecular weight is 245 g/mol. The summed E-state index contributed by atoms with van der Waals surface area (Å²) in [7, 11) is 1.82. The largest absolute Gasteiger partial charge is 0.381 e. The summed E-state index contributed by atoms with van der Waals surface area (Å²) in [5.74, 6) is 0.612. The van der Waals surface area contributed by atoms with E-state index in [0.29, 0.717) is 12.0 Å². The second-order valence-corrected chi connectivity index (χ2v) is 5.13. The third-order valence-electron chi connectivity index (χ3n) is 4.08. The molecule has 0 spiro atoms. The van der Waals surface area contributed by atoms with Crippen LogP contribution in [0.15, 0.2) is 18.6 Å². The van der Waals surface area contributed by atoms with Crippen molar-refractivity contribution in [1.82, 2.24) is 14.5 Å². The van der Waals surface area contributed by atoms with Gasteiger partial charge in [0.15, 0.2) is 0 Å². The van der Waals surface area contributed by atoms with Crippen molar-refractivity contribution in [1.29, 1.82) is 0 Å². The van der Waals surface area contributed by atoms with Crippen LogP contribution in [-0.2, 0) is 11.3 Å². The van der Waals surface area contributed by atoms with E-state index in [9.17, 15) is 0 Å². The van der Waals surface area contributed by atoms with Gasteiger partial charge in [-0.3, -0.25) is 0 Å². The Kier molecular flexibility index (Phi) is 3.04. The minimum atomic E-state index is 0.408. The molecule has 0 aliphatic heterocycles. The number of hydrogen-bond acceptors (Lipinski definition) is 3. The van der Waals surface area contributed by atoms with Gasteiger partial charge in [-0.15, -0.1) is 0 Å². The summed E-state index contributed by atoms with van der Waals surface area (Å²) in [6.45, 7) is 3.03. The molecule has 0 radical (unpaired) electrons. The van der Waals surface area contributed by atoms with Gasteiger partial charge >= 0.3 is 0 Å². The van der Waals surface area contributed by atoms with Crippen molar-refractivity contribution >= 4 is 11.0 Å². The first-order valence-corrected chi connectivity index (χ1v) is 6.59. The molecule has 0 amide bonds. The zero-order valence-corrected chi connectivity index (χ0v) is 11.0. The normalized spacial score (nSPS) is 23.9. The Bertz CT molecular complexity index is 549. The van der Waals surface area contributed by atoms with Crippen LogP contribution in [-0.4, -0.2) is 27.7 Å². The van der Waals surface area contributed by atoms with E-state index in [0.717, 1.165) is 23.3 Å². The van der Waals surface area contributed by atoms with E-state index >= 15 is 0 Å². The monoisotopic (exact) mass is 245 g/mol. The highest BCUT2D eigenvalue weighted by molar-refractivity contribution is 5.78. The summed E-state index contributed by atoms with van der Waals surface area (Å²) in [6.07, 6.45) is 7.89. The summed E-state index contributed by atoms with van der Waals surface area (Å²) in [4.78, 5) is 8.64. The van der Waals surface area contributed by atoms with Crippen LogP contribution in [0.25, 0.3) is 11.0 Å². The summed E-state index contributed by atoms with van der Waals surface area (Å²) in [5, 5.41) is 1.16. The molecule has 2 aromatic rings. The van der Waals surface area contributed by atoms with E-state index in [1.807, 2.05) is 14.0 Å². The highest BCUT2D eigenvalue weighted by atomic mass is 16.5. The maximum Gasteiger partial charge on any atom is 0.143 e. The van der Waals surface area contributed by atoms with Crippen molar-refractivity contribution in [3.05, 3.63) is 24.3 Å². The second kappa shape index (κ2) is 4.69. The fourth-order valence-corrected chi connectivity index (χ4v) is 3.05. The molecule has 1 saturated carbocycles. The van der Waals surface area contributed by atoms with Crippen molar-refractivity contribution in [2.75, 3.05) is 7.11 Å². The minimum Gasteiger partial charge on any atom is -0.381 e. The number of rotatable bonds is 3. The minimum absolute atomic E-state index is 0.408. The number of aromatic nitrogens is 3. The lowest BCUT2D eigenvalue weighted by molar-refractivity contribution is 0.0653. The molecular weight excluding hydrogens is 226 g/mol. The number of nitrogens with zero attached hydrogens (tertiary/aromatic N) is 3. The lowest BCUT2D eigenvalue weighted by Gasteiger charge is -2.19. The molecule has 0 saturated heterocycles. The maximum atomic E-state index is 5.56. The molecule has 4 heteroatoms. The molecule has 1 aliphatic rings. The molecule has 0 aromatic carbocycles. The molecule has 18 heavy (non-hydrogen) atoms. The van der Waals surface area contributed by atoms with Gasteiger partial charge in [0.1, 0.15) is 12.0 Å². The molecule has 2 atom stereocenters. The van der Waals surface area contributed by atoms with Gasteiger partial charge < -0.3 is 9.30 Å². The fraction of sp³-hybridized carbons (Fsp3) is 0.571. The van der Waals surface area contributed by atoms with Crippen LogP contribution in [0.1, 0.15) is 25.0 Å². The fourth-order valence-electron chi connectivity index (χ4n) is 3.05. The van der Waals surface area contributed by atoms with Gasteiger partial charge in [0.2, 0.25) is 0 Å². The number of methoxy groups -OCH3 is 1. The third kappa shape index (κ3) is 1.90. The van der Waals surface area contributed by atoms with E-state index < -0.39 is 0 Å². The van der Waals surface area contributed by atoms with Crippen LogP contribution in [0.4, 0.5) is 0 Å². The van der Waals surface area contributed by atoms with Gasteiger partial charge in [-0.05, 0) is 25.8 Å². The van der Waals surface area contributed by atoms with Crippen LogP contribution in [0, 0.1) is 12.8 Å². The Balaban J connectivity index is 1.89. The lowest BCUT2D eigenvalue weighted by atomic mass is 10.1. The highest BCUT2D eigenvalue weighted by Crippen LogP contribution is 2.30. The van der Waals surface area contributed by atoms with E-state index in [2.05, 4.69) is 26.8 Å². The van der Waals surface area contributed by atoms with Gasteiger partial charge in [-0.2, -0.15) is 0 Å². The molecule has 1 aliphatic carbocycles. The van der Waals surface area contributed by atoms with Crippen LogP contribution >= 0.6 is 0 Å². The Morgan fingerprint density at radius 2 is 2.28 bits per heavy atom. The molecule has 2 unspecified atom stereocenters. The molecule has 96 valence electrons. The number of hydrogen-bond donors (Lipinski definition) is 0. The molecule has 2 heterocycles. The summed E-state index contributed by atoms with van der Waals surface area (Å²) in [5.41, 5.74) is 2.10. The number of ether oxygens (including phenoxy) is 1. The van der Waals surface area contributed by atoms with E-state index in [-0.39, 0.29) is 0 Å². The lowest BCUT2D eigenvalue weighted by Crippen LogP contribution is -2.21.